The Hall–Kier alpha value is -0.360. The molecule has 0 aromatic heterocycles. The molecule has 1 saturated heterocycles. The lowest BCUT2D eigenvalue weighted by atomic mass is 10.1. The van der Waals surface area contributed by atoms with Gasteiger partial charge in [-0.25, -0.2) is 0 Å². The SMILES string of the molecule is COCCOCC(=O)N1CCNC(C)C1C.Cl. The molecule has 0 aromatic rings. The van der Waals surface area contributed by atoms with Gasteiger partial charge in [0.2, 0.25) is 5.91 Å². The van der Waals surface area contributed by atoms with Gasteiger partial charge in [-0.3, -0.25) is 4.79 Å². The lowest BCUT2D eigenvalue weighted by molar-refractivity contribution is -0.140. The molecule has 2 unspecified atom stereocenters. The molecule has 1 aliphatic heterocycles. The van der Waals surface area contributed by atoms with Crippen molar-refractivity contribution >= 4 is 18.3 Å². The minimum atomic E-state index is 0. The van der Waals surface area contributed by atoms with Crippen LogP contribution >= 0.6 is 12.4 Å². The van der Waals surface area contributed by atoms with Gasteiger partial charge in [-0.05, 0) is 13.8 Å². The first kappa shape index (κ1) is 16.6. The van der Waals surface area contributed by atoms with Gasteiger partial charge in [0.25, 0.3) is 0 Å². The molecule has 5 nitrogen and oxygen atoms in total. The number of carbonyl (C=O) groups is 1. The number of nitrogens with one attached hydrogen (secondary N) is 1. The van der Waals surface area contributed by atoms with Crippen molar-refractivity contribution in [3.05, 3.63) is 0 Å². The van der Waals surface area contributed by atoms with Crippen molar-refractivity contribution in [3.8, 4) is 0 Å². The largest absolute Gasteiger partial charge is 0.382 e. The van der Waals surface area contributed by atoms with E-state index in [1.165, 1.54) is 0 Å². The number of halogens is 1. The van der Waals surface area contributed by atoms with Crippen LogP contribution in [-0.4, -0.2) is 62.9 Å². The predicted molar refractivity (Wildman–Crippen MR) is 68.6 cm³/mol. The molecule has 102 valence electrons. The molecule has 1 amide bonds. The van der Waals surface area contributed by atoms with Crippen molar-refractivity contribution in [2.75, 3.05) is 40.0 Å². The zero-order valence-electron chi connectivity index (χ0n) is 10.8. The van der Waals surface area contributed by atoms with Crippen molar-refractivity contribution in [3.63, 3.8) is 0 Å². The maximum Gasteiger partial charge on any atom is 0.248 e. The van der Waals surface area contributed by atoms with E-state index in [1.807, 2.05) is 4.90 Å². The minimum Gasteiger partial charge on any atom is -0.382 e. The number of hydrogen-bond acceptors (Lipinski definition) is 4. The Morgan fingerprint density at radius 2 is 2.12 bits per heavy atom. The Labute approximate surface area is 109 Å². The summed E-state index contributed by atoms with van der Waals surface area (Å²) < 4.78 is 10.1. The first-order chi connectivity index (χ1) is 7.66. The number of hydrogen-bond donors (Lipinski definition) is 1. The molecule has 1 fully saturated rings. The van der Waals surface area contributed by atoms with Crippen LogP contribution in [0, 0.1) is 0 Å². The zero-order valence-corrected chi connectivity index (χ0v) is 11.6. The van der Waals surface area contributed by atoms with Crippen LogP contribution in [-0.2, 0) is 14.3 Å². The van der Waals surface area contributed by atoms with Gasteiger partial charge in [0.1, 0.15) is 6.61 Å². The summed E-state index contributed by atoms with van der Waals surface area (Å²) in [4.78, 5) is 13.7. The standard InChI is InChI=1S/C11H22N2O3.ClH/c1-9-10(2)13(5-4-12-9)11(14)8-16-7-6-15-3;/h9-10,12H,4-8H2,1-3H3;1H. The molecule has 2 atom stereocenters. The zero-order chi connectivity index (χ0) is 12.0. The quantitative estimate of drug-likeness (QED) is 0.727. The second kappa shape index (κ2) is 8.69. The number of methoxy groups -OCH3 is 1. The summed E-state index contributed by atoms with van der Waals surface area (Å²) in [6, 6.07) is 0.573. The topological polar surface area (TPSA) is 50.8 Å². The Balaban J connectivity index is 0.00000256. The summed E-state index contributed by atoms with van der Waals surface area (Å²) in [7, 11) is 1.62. The van der Waals surface area contributed by atoms with Crippen LogP contribution in [0.3, 0.4) is 0 Å². The summed E-state index contributed by atoms with van der Waals surface area (Å²) in [5, 5.41) is 3.34. The van der Waals surface area contributed by atoms with E-state index >= 15 is 0 Å². The van der Waals surface area contributed by atoms with E-state index in [0.717, 1.165) is 13.1 Å². The van der Waals surface area contributed by atoms with Gasteiger partial charge in [0.05, 0.1) is 13.2 Å². The Bertz CT molecular complexity index is 229. The first-order valence-electron chi connectivity index (χ1n) is 5.76. The van der Waals surface area contributed by atoms with E-state index in [2.05, 4.69) is 19.2 Å². The Morgan fingerprint density at radius 1 is 1.41 bits per heavy atom. The van der Waals surface area contributed by atoms with E-state index in [-0.39, 0.29) is 31.0 Å². The van der Waals surface area contributed by atoms with Gasteiger partial charge in [-0.2, -0.15) is 0 Å². The normalized spacial score (nSPS) is 24.3. The highest BCUT2D eigenvalue weighted by Crippen LogP contribution is 2.08. The number of piperazine rings is 1. The molecule has 17 heavy (non-hydrogen) atoms. The Kier molecular flexibility index (Phi) is 8.51. The number of nitrogens with zero attached hydrogens (tertiary/aromatic N) is 1. The molecule has 0 aromatic carbocycles. The molecule has 0 spiro atoms. The van der Waals surface area contributed by atoms with Crippen molar-refractivity contribution in [1.29, 1.82) is 0 Å². The van der Waals surface area contributed by atoms with Gasteiger partial charge < -0.3 is 19.7 Å². The highest BCUT2D eigenvalue weighted by Gasteiger charge is 2.27. The number of ether oxygens (including phenoxy) is 2. The fraction of sp³-hybridized carbons (Fsp3) is 0.909. The molecule has 1 rings (SSSR count). The molecule has 6 heteroatoms. The average molecular weight is 267 g/mol. The molecule has 1 N–H and O–H groups in total. The fourth-order valence-corrected chi connectivity index (χ4v) is 1.79. The second-order valence-electron chi connectivity index (χ2n) is 4.12. The molecule has 0 radical (unpaired) electrons. The third kappa shape index (κ3) is 5.21. The number of rotatable bonds is 5. The summed E-state index contributed by atoms with van der Waals surface area (Å²) in [6.07, 6.45) is 0. The van der Waals surface area contributed by atoms with Crippen molar-refractivity contribution in [1.82, 2.24) is 10.2 Å². The molecule has 0 bridgehead atoms. The van der Waals surface area contributed by atoms with Crippen molar-refractivity contribution < 1.29 is 14.3 Å². The predicted octanol–water partition coefficient (Wildman–Crippen LogP) is 0.280. The number of carbonyl (C=O) groups excluding carboxylic acids is 1. The van der Waals surface area contributed by atoms with E-state index < -0.39 is 0 Å². The number of amides is 1. The fourth-order valence-electron chi connectivity index (χ4n) is 1.79. The molecular weight excluding hydrogens is 244 g/mol. The van der Waals surface area contributed by atoms with Crippen LogP contribution in [0.5, 0.6) is 0 Å². The van der Waals surface area contributed by atoms with Crippen LogP contribution in [0.25, 0.3) is 0 Å². The van der Waals surface area contributed by atoms with Crippen LogP contribution in [0.15, 0.2) is 0 Å². The van der Waals surface area contributed by atoms with Crippen LogP contribution in [0.4, 0.5) is 0 Å². The van der Waals surface area contributed by atoms with E-state index in [4.69, 9.17) is 9.47 Å². The van der Waals surface area contributed by atoms with E-state index in [1.54, 1.807) is 7.11 Å². The van der Waals surface area contributed by atoms with Gasteiger partial charge >= 0.3 is 0 Å². The van der Waals surface area contributed by atoms with Crippen LogP contribution in [0.2, 0.25) is 0 Å². The van der Waals surface area contributed by atoms with Crippen LogP contribution < -0.4 is 5.32 Å². The second-order valence-corrected chi connectivity index (χ2v) is 4.12. The van der Waals surface area contributed by atoms with Gasteiger partial charge in [-0.1, -0.05) is 0 Å². The lowest BCUT2D eigenvalue weighted by Crippen LogP contribution is -2.57. The maximum atomic E-state index is 11.8. The summed E-state index contributed by atoms with van der Waals surface area (Å²) in [6.45, 7) is 6.92. The highest BCUT2D eigenvalue weighted by atomic mass is 35.5. The smallest absolute Gasteiger partial charge is 0.248 e. The van der Waals surface area contributed by atoms with E-state index in [9.17, 15) is 4.79 Å². The van der Waals surface area contributed by atoms with Crippen molar-refractivity contribution in [2.24, 2.45) is 0 Å². The molecule has 1 heterocycles. The third-order valence-electron chi connectivity index (χ3n) is 3.01. The summed E-state index contributed by atoms with van der Waals surface area (Å²) >= 11 is 0. The van der Waals surface area contributed by atoms with Crippen LogP contribution in [0.1, 0.15) is 13.8 Å². The van der Waals surface area contributed by atoms with E-state index in [0.29, 0.717) is 19.3 Å². The third-order valence-corrected chi connectivity index (χ3v) is 3.01. The van der Waals surface area contributed by atoms with Gasteiger partial charge in [0.15, 0.2) is 0 Å². The summed E-state index contributed by atoms with van der Waals surface area (Å²) in [5.74, 6) is 0.0666. The molecule has 0 saturated carbocycles. The average Bonchev–Trinajstić information content (AvgIpc) is 2.28. The van der Waals surface area contributed by atoms with Gasteiger partial charge in [0, 0.05) is 32.3 Å². The van der Waals surface area contributed by atoms with Crippen molar-refractivity contribution in [2.45, 2.75) is 25.9 Å². The highest BCUT2D eigenvalue weighted by molar-refractivity contribution is 5.85. The molecule has 0 aliphatic carbocycles. The maximum absolute atomic E-state index is 11.8. The summed E-state index contributed by atoms with van der Waals surface area (Å²) in [5.41, 5.74) is 0. The first-order valence-corrected chi connectivity index (χ1v) is 5.76. The lowest BCUT2D eigenvalue weighted by Gasteiger charge is -2.38. The molecular formula is C11H23ClN2O3. The Morgan fingerprint density at radius 3 is 2.76 bits per heavy atom. The minimum absolute atomic E-state index is 0. The molecule has 1 aliphatic rings. The van der Waals surface area contributed by atoms with Gasteiger partial charge in [-0.15, -0.1) is 12.4 Å². The monoisotopic (exact) mass is 266 g/mol.